The second-order valence-electron chi connectivity index (χ2n) is 7.44. The van der Waals surface area contributed by atoms with E-state index >= 15 is 0 Å². The fourth-order valence-corrected chi connectivity index (χ4v) is 3.89. The van der Waals surface area contributed by atoms with E-state index in [9.17, 15) is 14.0 Å². The van der Waals surface area contributed by atoms with E-state index in [1.54, 1.807) is 26.0 Å². The summed E-state index contributed by atoms with van der Waals surface area (Å²) in [6.07, 6.45) is 1.36. The van der Waals surface area contributed by atoms with Crippen LogP contribution in [0.1, 0.15) is 48.3 Å². The number of aromatic nitrogens is 2. The Morgan fingerprint density at radius 3 is 2.83 bits per heavy atom. The largest absolute Gasteiger partial charge is 0.346 e. The summed E-state index contributed by atoms with van der Waals surface area (Å²) in [5.41, 5.74) is 2.15. The Hall–Kier alpha value is -3.54. The van der Waals surface area contributed by atoms with Crippen LogP contribution in [0.15, 0.2) is 24.3 Å². The Labute approximate surface area is 166 Å². The van der Waals surface area contributed by atoms with Crippen LogP contribution in [0.25, 0.3) is 0 Å². The fraction of sp³-hybridized carbons (Fsp3) is 0.350. The number of rotatable bonds is 4. The smallest absolute Gasteiger partial charge is 0.323 e. The number of anilines is 1. The zero-order valence-corrected chi connectivity index (χ0v) is 16.0. The second kappa shape index (κ2) is 6.81. The second-order valence-corrected chi connectivity index (χ2v) is 7.44. The molecule has 4 rings (SSSR count). The predicted molar refractivity (Wildman–Crippen MR) is 101 cm³/mol. The van der Waals surface area contributed by atoms with E-state index in [4.69, 9.17) is 5.26 Å². The Morgan fingerprint density at radius 2 is 2.17 bits per heavy atom. The number of benzene rings is 1. The molecule has 2 N–H and O–H groups in total. The van der Waals surface area contributed by atoms with Gasteiger partial charge in [0.1, 0.15) is 18.4 Å². The predicted octanol–water partition coefficient (Wildman–Crippen LogP) is 2.51. The van der Waals surface area contributed by atoms with Crippen LogP contribution in [0.3, 0.4) is 0 Å². The van der Waals surface area contributed by atoms with E-state index in [0.29, 0.717) is 29.8 Å². The van der Waals surface area contributed by atoms with Gasteiger partial charge in [-0.2, -0.15) is 10.4 Å². The van der Waals surface area contributed by atoms with Crippen LogP contribution >= 0.6 is 0 Å². The normalized spacial score (nSPS) is 17.2. The molecule has 148 valence electrons. The van der Waals surface area contributed by atoms with E-state index in [0.717, 1.165) is 5.56 Å². The summed E-state index contributed by atoms with van der Waals surface area (Å²) < 4.78 is 13.8. The van der Waals surface area contributed by atoms with Crippen molar-refractivity contribution in [1.82, 2.24) is 20.4 Å². The van der Waals surface area contributed by atoms with Crippen molar-refractivity contribution in [2.75, 3.05) is 11.9 Å². The lowest BCUT2D eigenvalue weighted by Gasteiger charge is -2.37. The lowest BCUT2D eigenvalue weighted by molar-refractivity contribution is -0.123. The number of amides is 3. The van der Waals surface area contributed by atoms with Crippen LogP contribution in [0.4, 0.5) is 14.9 Å². The van der Waals surface area contributed by atoms with Crippen LogP contribution in [0, 0.1) is 24.1 Å². The van der Waals surface area contributed by atoms with Gasteiger partial charge in [-0.3, -0.25) is 4.79 Å². The van der Waals surface area contributed by atoms with Gasteiger partial charge in [0.15, 0.2) is 5.69 Å². The highest BCUT2D eigenvalue weighted by Crippen LogP contribution is 2.55. The molecule has 1 aliphatic carbocycles. The van der Waals surface area contributed by atoms with E-state index in [1.165, 1.54) is 17.0 Å². The Morgan fingerprint density at radius 1 is 1.41 bits per heavy atom. The van der Waals surface area contributed by atoms with Crippen LogP contribution in [-0.2, 0) is 10.3 Å². The van der Waals surface area contributed by atoms with Gasteiger partial charge in [-0.15, -0.1) is 5.10 Å². The quantitative estimate of drug-likeness (QED) is 0.828. The first-order valence-corrected chi connectivity index (χ1v) is 9.26. The third-order valence-electron chi connectivity index (χ3n) is 5.44. The molecule has 2 aliphatic rings. The van der Waals surface area contributed by atoms with Crippen LogP contribution in [0.5, 0.6) is 0 Å². The molecule has 9 heteroatoms. The number of carbonyl (C=O) groups excluding carboxylic acids is 2. The lowest BCUT2D eigenvalue weighted by Crippen LogP contribution is -2.51. The van der Waals surface area contributed by atoms with Crippen molar-refractivity contribution >= 4 is 17.6 Å². The minimum Gasteiger partial charge on any atom is -0.346 e. The zero-order chi connectivity index (χ0) is 20.8. The molecule has 8 nitrogen and oxygen atoms in total. The molecule has 0 bridgehead atoms. The van der Waals surface area contributed by atoms with Crippen molar-refractivity contribution < 1.29 is 14.0 Å². The van der Waals surface area contributed by atoms with Gasteiger partial charge in [-0.05, 0) is 56.5 Å². The average Bonchev–Trinajstić information content (AvgIpc) is 3.47. The average molecular weight is 394 g/mol. The number of fused-ring (bicyclic) bond motifs is 2. The van der Waals surface area contributed by atoms with Crippen molar-refractivity contribution in [2.24, 2.45) is 0 Å². The fourth-order valence-electron chi connectivity index (χ4n) is 3.89. The number of hydrogen-bond donors (Lipinski definition) is 2. The third kappa shape index (κ3) is 3.27. The zero-order valence-electron chi connectivity index (χ0n) is 16.0. The van der Waals surface area contributed by atoms with Gasteiger partial charge in [-0.1, -0.05) is 0 Å². The molecule has 1 aliphatic heterocycles. The maximum Gasteiger partial charge on any atom is 0.323 e. The number of nitriles is 1. The molecule has 3 amide bonds. The Kier molecular flexibility index (Phi) is 4.42. The third-order valence-corrected chi connectivity index (χ3v) is 5.44. The molecule has 1 saturated carbocycles. The maximum atomic E-state index is 13.8. The summed E-state index contributed by atoms with van der Waals surface area (Å²) in [6.45, 7) is 3.39. The van der Waals surface area contributed by atoms with Gasteiger partial charge in [0.05, 0.1) is 17.3 Å². The highest BCUT2D eigenvalue weighted by atomic mass is 19.1. The topological polar surface area (TPSA) is 111 Å². The minimum absolute atomic E-state index is 0.158. The summed E-state index contributed by atoms with van der Waals surface area (Å²) in [5, 5.41) is 22.3. The number of nitrogens with zero attached hydrogens (tertiary/aromatic N) is 4. The summed E-state index contributed by atoms with van der Waals surface area (Å²) >= 11 is 0. The standard InChI is InChI=1S/C20H19FN6O2/c1-11-7-14(9-22)25-26-18(11)12(2)23-17(28)10-27-19(29)24-16-4-3-13(21)8-15(16)20(27)5-6-20/h3-4,7-8,12H,5-6,10H2,1-2H3,(H,23,28)(H,24,29). The van der Waals surface area contributed by atoms with Crippen molar-refractivity contribution in [1.29, 1.82) is 5.26 Å². The summed E-state index contributed by atoms with van der Waals surface area (Å²) in [6, 6.07) is 6.98. The van der Waals surface area contributed by atoms with E-state index in [1.807, 2.05) is 6.07 Å². The van der Waals surface area contributed by atoms with Crippen molar-refractivity contribution in [3.63, 3.8) is 0 Å². The van der Waals surface area contributed by atoms with Crippen molar-refractivity contribution in [2.45, 2.75) is 38.3 Å². The molecule has 1 aromatic carbocycles. The van der Waals surface area contributed by atoms with E-state index < -0.39 is 11.6 Å². The maximum absolute atomic E-state index is 13.8. The molecule has 0 radical (unpaired) electrons. The number of urea groups is 1. The van der Waals surface area contributed by atoms with Crippen LogP contribution in [-0.4, -0.2) is 33.6 Å². The molecule has 1 atom stereocenters. The first-order valence-electron chi connectivity index (χ1n) is 9.26. The van der Waals surface area contributed by atoms with Gasteiger partial charge in [-0.25, -0.2) is 9.18 Å². The summed E-state index contributed by atoms with van der Waals surface area (Å²) in [7, 11) is 0. The monoisotopic (exact) mass is 394 g/mol. The van der Waals surface area contributed by atoms with E-state index in [-0.39, 0.29) is 30.0 Å². The summed E-state index contributed by atoms with van der Waals surface area (Å²) in [5.74, 6) is -0.733. The Bertz CT molecular complexity index is 1060. The molecule has 2 aromatic rings. The summed E-state index contributed by atoms with van der Waals surface area (Å²) in [4.78, 5) is 26.7. The highest BCUT2D eigenvalue weighted by Gasteiger charge is 2.55. The van der Waals surface area contributed by atoms with Crippen LogP contribution < -0.4 is 10.6 Å². The Balaban J connectivity index is 1.50. The molecule has 29 heavy (non-hydrogen) atoms. The van der Waals surface area contributed by atoms with Crippen molar-refractivity contribution in [3.05, 3.63) is 52.6 Å². The molecular weight excluding hydrogens is 375 g/mol. The first-order chi connectivity index (χ1) is 13.8. The first kappa shape index (κ1) is 18.8. The van der Waals surface area contributed by atoms with Gasteiger partial charge in [0, 0.05) is 11.3 Å². The van der Waals surface area contributed by atoms with Gasteiger partial charge in [0.25, 0.3) is 0 Å². The SMILES string of the molecule is Cc1cc(C#N)nnc1C(C)NC(=O)CN1C(=O)Nc2ccc(F)cc2C12CC2. The molecular formula is C20H19FN6O2. The van der Waals surface area contributed by atoms with E-state index in [2.05, 4.69) is 20.8 Å². The van der Waals surface area contributed by atoms with Crippen LogP contribution in [0.2, 0.25) is 0 Å². The van der Waals surface area contributed by atoms with Gasteiger partial charge in [0.2, 0.25) is 5.91 Å². The molecule has 1 spiro atoms. The lowest BCUT2D eigenvalue weighted by atomic mass is 9.98. The number of nitrogens with one attached hydrogen (secondary N) is 2. The molecule has 1 unspecified atom stereocenters. The number of carbonyl (C=O) groups is 2. The number of aryl methyl sites for hydroxylation is 1. The van der Waals surface area contributed by atoms with Gasteiger partial charge < -0.3 is 15.5 Å². The molecule has 0 saturated heterocycles. The minimum atomic E-state index is -0.634. The number of hydrogen-bond acceptors (Lipinski definition) is 5. The molecule has 2 heterocycles. The number of halogens is 1. The molecule has 1 aromatic heterocycles. The van der Waals surface area contributed by atoms with Crippen molar-refractivity contribution in [3.8, 4) is 6.07 Å². The molecule has 1 fully saturated rings. The van der Waals surface area contributed by atoms with Gasteiger partial charge >= 0.3 is 6.03 Å². The highest BCUT2D eigenvalue weighted by molar-refractivity contribution is 5.97.